The van der Waals surface area contributed by atoms with Gasteiger partial charge < -0.3 is 4.42 Å². The van der Waals surface area contributed by atoms with Gasteiger partial charge >= 0.3 is 0 Å². The Hall–Kier alpha value is -1.59. The Morgan fingerprint density at radius 3 is 2.65 bits per heavy atom. The number of aryl methyl sites for hydroxylation is 1. The van der Waals surface area contributed by atoms with Crippen LogP contribution in [0.15, 0.2) is 47.1 Å². The number of benzene rings is 1. The first-order valence-electron chi connectivity index (χ1n) is 6.49. The molecule has 0 fully saturated rings. The third kappa shape index (κ3) is 3.95. The standard InChI is InChI=1S/C15H19NO3S/c1-13-5-3-6-14(11-13)12-20(17,18)16(2)9-8-15-7-4-10-19-15/h3-7,10-11H,8-9,12H2,1-2H3. The van der Waals surface area contributed by atoms with Gasteiger partial charge in [0.1, 0.15) is 5.76 Å². The van der Waals surface area contributed by atoms with E-state index in [1.165, 1.54) is 4.31 Å². The molecule has 2 rings (SSSR count). The van der Waals surface area contributed by atoms with E-state index in [0.717, 1.165) is 16.9 Å². The summed E-state index contributed by atoms with van der Waals surface area (Å²) in [7, 11) is -1.69. The third-order valence-corrected chi connectivity index (χ3v) is 4.99. The Balaban J connectivity index is 1.98. The summed E-state index contributed by atoms with van der Waals surface area (Å²) >= 11 is 0. The molecule has 0 N–H and O–H groups in total. The molecule has 0 saturated carbocycles. The van der Waals surface area contributed by atoms with Gasteiger partial charge in [0.15, 0.2) is 0 Å². The molecule has 0 aliphatic rings. The zero-order chi connectivity index (χ0) is 14.6. The van der Waals surface area contributed by atoms with Gasteiger partial charge in [0.05, 0.1) is 12.0 Å². The number of rotatable bonds is 6. The Morgan fingerprint density at radius 1 is 1.20 bits per heavy atom. The minimum Gasteiger partial charge on any atom is -0.469 e. The van der Waals surface area contributed by atoms with Crippen LogP contribution < -0.4 is 0 Å². The highest BCUT2D eigenvalue weighted by Crippen LogP contribution is 2.12. The maximum atomic E-state index is 12.3. The maximum Gasteiger partial charge on any atom is 0.218 e. The van der Waals surface area contributed by atoms with Gasteiger partial charge in [-0.1, -0.05) is 29.8 Å². The molecule has 20 heavy (non-hydrogen) atoms. The van der Waals surface area contributed by atoms with E-state index in [2.05, 4.69) is 0 Å². The molecule has 0 bridgehead atoms. The summed E-state index contributed by atoms with van der Waals surface area (Å²) in [6.07, 6.45) is 2.17. The predicted octanol–water partition coefficient (Wildman–Crippen LogP) is 2.59. The van der Waals surface area contributed by atoms with Gasteiger partial charge in [-0.25, -0.2) is 12.7 Å². The van der Waals surface area contributed by atoms with E-state index >= 15 is 0 Å². The molecular formula is C15H19NO3S. The van der Waals surface area contributed by atoms with E-state index in [9.17, 15) is 8.42 Å². The lowest BCUT2D eigenvalue weighted by Gasteiger charge is -2.16. The van der Waals surface area contributed by atoms with Crippen molar-refractivity contribution in [1.29, 1.82) is 0 Å². The van der Waals surface area contributed by atoms with E-state index in [1.54, 1.807) is 19.4 Å². The molecule has 108 valence electrons. The lowest BCUT2D eigenvalue weighted by Crippen LogP contribution is -2.30. The Labute approximate surface area is 120 Å². The summed E-state index contributed by atoms with van der Waals surface area (Å²) in [6.45, 7) is 2.37. The number of nitrogens with zero attached hydrogens (tertiary/aromatic N) is 1. The molecule has 5 heteroatoms. The molecule has 1 aromatic heterocycles. The van der Waals surface area contributed by atoms with Gasteiger partial charge in [-0.05, 0) is 24.6 Å². The average Bonchev–Trinajstić information content (AvgIpc) is 2.88. The van der Waals surface area contributed by atoms with Crippen LogP contribution in [-0.4, -0.2) is 26.3 Å². The number of hydrogen-bond acceptors (Lipinski definition) is 3. The van der Waals surface area contributed by atoms with Crippen molar-refractivity contribution in [3.8, 4) is 0 Å². The van der Waals surface area contributed by atoms with Crippen LogP contribution in [0.4, 0.5) is 0 Å². The van der Waals surface area contributed by atoms with Gasteiger partial charge in [-0.15, -0.1) is 0 Å². The fourth-order valence-corrected chi connectivity index (χ4v) is 3.17. The summed E-state index contributed by atoms with van der Waals surface area (Å²) < 4.78 is 31.1. The van der Waals surface area contributed by atoms with Crippen molar-refractivity contribution in [3.05, 3.63) is 59.5 Å². The lowest BCUT2D eigenvalue weighted by atomic mass is 10.2. The Kier molecular flexibility index (Phi) is 4.62. The average molecular weight is 293 g/mol. The fourth-order valence-electron chi connectivity index (χ4n) is 1.98. The highest BCUT2D eigenvalue weighted by Gasteiger charge is 2.18. The van der Waals surface area contributed by atoms with Crippen molar-refractivity contribution in [2.24, 2.45) is 0 Å². The van der Waals surface area contributed by atoms with Crippen molar-refractivity contribution >= 4 is 10.0 Å². The zero-order valence-corrected chi connectivity index (χ0v) is 12.6. The van der Waals surface area contributed by atoms with Gasteiger partial charge in [-0.2, -0.15) is 0 Å². The number of likely N-dealkylation sites (N-methyl/N-ethyl adjacent to an activating group) is 1. The van der Waals surface area contributed by atoms with Gasteiger partial charge in [0.25, 0.3) is 0 Å². The van der Waals surface area contributed by atoms with Gasteiger partial charge in [-0.3, -0.25) is 0 Å². The largest absolute Gasteiger partial charge is 0.469 e. The third-order valence-electron chi connectivity index (χ3n) is 3.16. The van der Waals surface area contributed by atoms with Crippen LogP contribution in [-0.2, 0) is 22.2 Å². The smallest absolute Gasteiger partial charge is 0.218 e. The molecule has 0 aliphatic carbocycles. The molecule has 0 spiro atoms. The normalized spacial score (nSPS) is 11.9. The van der Waals surface area contributed by atoms with E-state index < -0.39 is 10.0 Å². The number of sulfonamides is 1. The molecule has 0 aliphatic heterocycles. The van der Waals surface area contributed by atoms with Gasteiger partial charge in [0.2, 0.25) is 10.0 Å². The van der Waals surface area contributed by atoms with Gasteiger partial charge in [0, 0.05) is 20.0 Å². The molecule has 0 radical (unpaired) electrons. The van der Waals surface area contributed by atoms with Crippen LogP contribution in [0.2, 0.25) is 0 Å². The summed E-state index contributed by atoms with van der Waals surface area (Å²) in [5.41, 5.74) is 1.88. The molecular weight excluding hydrogens is 274 g/mol. The monoisotopic (exact) mass is 293 g/mol. The molecule has 4 nitrogen and oxygen atoms in total. The Bertz CT molecular complexity index is 648. The fraction of sp³-hybridized carbons (Fsp3) is 0.333. The van der Waals surface area contributed by atoms with Crippen LogP contribution in [0.3, 0.4) is 0 Å². The molecule has 0 saturated heterocycles. The minimum absolute atomic E-state index is 0.0311. The number of furan rings is 1. The van der Waals surface area contributed by atoms with Crippen LogP contribution in [0.1, 0.15) is 16.9 Å². The van der Waals surface area contributed by atoms with Crippen LogP contribution in [0, 0.1) is 6.92 Å². The molecule has 2 aromatic rings. The zero-order valence-electron chi connectivity index (χ0n) is 11.7. The highest BCUT2D eigenvalue weighted by atomic mass is 32.2. The predicted molar refractivity (Wildman–Crippen MR) is 78.8 cm³/mol. The van der Waals surface area contributed by atoms with Crippen molar-refractivity contribution < 1.29 is 12.8 Å². The second-order valence-electron chi connectivity index (χ2n) is 4.90. The number of hydrogen-bond donors (Lipinski definition) is 0. The molecule has 0 unspecified atom stereocenters. The summed E-state index contributed by atoms with van der Waals surface area (Å²) in [4.78, 5) is 0. The van der Waals surface area contributed by atoms with E-state index in [1.807, 2.05) is 37.3 Å². The van der Waals surface area contributed by atoms with Crippen molar-refractivity contribution in [1.82, 2.24) is 4.31 Å². The Morgan fingerprint density at radius 2 is 2.00 bits per heavy atom. The molecule has 0 atom stereocenters. The second kappa shape index (κ2) is 6.24. The lowest BCUT2D eigenvalue weighted by molar-refractivity contribution is 0.441. The van der Waals surface area contributed by atoms with Crippen LogP contribution in [0.25, 0.3) is 0 Å². The quantitative estimate of drug-likeness (QED) is 0.822. The van der Waals surface area contributed by atoms with Crippen LogP contribution in [0.5, 0.6) is 0 Å². The van der Waals surface area contributed by atoms with Crippen LogP contribution >= 0.6 is 0 Å². The molecule has 1 heterocycles. The first-order valence-corrected chi connectivity index (χ1v) is 8.10. The minimum atomic E-state index is -3.29. The summed E-state index contributed by atoms with van der Waals surface area (Å²) in [5.74, 6) is 0.825. The second-order valence-corrected chi connectivity index (χ2v) is 6.97. The topological polar surface area (TPSA) is 50.5 Å². The van der Waals surface area contributed by atoms with Crippen molar-refractivity contribution in [3.63, 3.8) is 0 Å². The first-order chi connectivity index (χ1) is 9.47. The maximum absolute atomic E-state index is 12.3. The SMILES string of the molecule is Cc1cccc(CS(=O)(=O)N(C)CCc2ccco2)c1. The highest BCUT2D eigenvalue weighted by molar-refractivity contribution is 7.88. The summed E-state index contributed by atoms with van der Waals surface area (Å²) in [5, 5.41) is 0. The first kappa shape index (κ1) is 14.8. The van der Waals surface area contributed by atoms with E-state index in [4.69, 9.17) is 4.42 Å². The van der Waals surface area contributed by atoms with E-state index in [0.29, 0.717) is 13.0 Å². The van der Waals surface area contributed by atoms with E-state index in [-0.39, 0.29) is 5.75 Å². The van der Waals surface area contributed by atoms with Crippen molar-refractivity contribution in [2.75, 3.05) is 13.6 Å². The molecule has 0 amide bonds. The summed E-state index contributed by atoms with van der Waals surface area (Å²) in [6, 6.07) is 11.2. The van der Waals surface area contributed by atoms with Crippen molar-refractivity contribution in [2.45, 2.75) is 19.1 Å². The molecule has 1 aromatic carbocycles.